The first-order valence-corrected chi connectivity index (χ1v) is 8.34. The molecule has 2 rings (SSSR count). The molecule has 8 nitrogen and oxygen atoms in total. The zero-order valence-corrected chi connectivity index (χ0v) is 12.2. The zero-order valence-electron chi connectivity index (χ0n) is 10.5. The van der Waals surface area contributed by atoms with Crippen molar-refractivity contribution in [1.82, 2.24) is 14.0 Å². The molecule has 0 bridgehead atoms. The van der Waals surface area contributed by atoms with Crippen LogP contribution in [0.25, 0.3) is 0 Å². The molecule has 1 saturated heterocycles. The third-order valence-electron chi connectivity index (χ3n) is 3.16. The Morgan fingerprint density at radius 1 is 1.50 bits per heavy atom. The summed E-state index contributed by atoms with van der Waals surface area (Å²) in [6, 6.07) is 0. The summed E-state index contributed by atoms with van der Waals surface area (Å²) < 4.78 is 27.7. The van der Waals surface area contributed by atoms with E-state index in [1.54, 1.807) is 5.38 Å². The van der Waals surface area contributed by atoms with Gasteiger partial charge in [0.25, 0.3) is 10.2 Å². The lowest BCUT2D eigenvalue weighted by Crippen LogP contribution is -2.45. The Morgan fingerprint density at radius 2 is 2.15 bits per heavy atom. The first-order chi connectivity index (χ1) is 9.38. The van der Waals surface area contributed by atoms with Crippen molar-refractivity contribution in [1.29, 1.82) is 0 Å². The average Bonchev–Trinajstić information content (AvgIpc) is 2.82. The topological polar surface area (TPSA) is 120 Å². The maximum absolute atomic E-state index is 12.0. The second-order valence-corrected chi connectivity index (χ2v) is 7.11. The van der Waals surface area contributed by atoms with Crippen LogP contribution in [0.5, 0.6) is 0 Å². The number of carboxylic acids is 1. The molecule has 2 heterocycles. The predicted molar refractivity (Wildman–Crippen MR) is 72.6 cm³/mol. The van der Waals surface area contributed by atoms with E-state index in [-0.39, 0.29) is 24.5 Å². The van der Waals surface area contributed by atoms with Crippen molar-refractivity contribution in [2.75, 3.05) is 13.1 Å². The van der Waals surface area contributed by atoms with Crippen LogP contribution in [0, 0.1) is 5.92 Å². The Bertz CT molecular complexity index is 627. The van der Waals surface area contributed by atoms with E-state index < -0.39 is 22.1 Å². The van der Waals surface area contributed by atoms with Crippen LogP contribution in [0.2, 0.25) is 0 Å². The standard InChI is InChI=1S/C10H15N3O5S2/c14-9(15)7-1-3-13(4-2-7)20(17,18)11-5-8-6-19-10(16)12-8/h6-7,11H,1-5H2,(H,12,16)(H,14,15). The number of hydrogen-bond donors (Lipinski definition) is 3. The number of aliphatic carboxylic acids is 1. The van der Waals surface area contributed by atoms with Crippen LogP contribution < -0.4 is 9.60 Å². The molecule has 20 heavy (non-hydrogen) atoms. The van der Waals surface area contributed by atoms with E-state index in [2.05, 4.69) is 9.71 Å². The molecular weight excluding hydrogens is 306 g/mol. The van der Waals surface area contributed by atoms with Gasteiger partial charge in [-0.15, -0.1) is 0 Å². The number of nitrogens with one attached hydrogen (secondary N) is 2. The molecule has 0 saturated carbocycles. The highest BCUT2D eigenvalue weighted by molar-refractivity contribution is 7.87. The minimum Gasteiger partial charge on any atom is -0.481 e. The van der Waals surface area contributed by atoms with Gasteiger partial charge >= 0.3 is 10.8 Å². The highest BCUT2D eigenvalue weighted by Crippen LogP contribution is 2.19. The molecule has 0 unspecified atom stereocenters. The van der Waals surface area contributed by atoms with E-state index in [9.17, 15) is 18.0 Å². The maximum atomic E-state index is 12.0. The molecular formula is C10H15N3O5S2. The fourth-order valence-corrected chi connectivity index (χ4v) is 3.80. The third-order valence-corrected chi connectivity index (χ3v) is 5.43. The molecule has 1 fully saturated rings. The number of carbonyl (C=O) groups is 1. The highest BCUT2D eigenvalue weighted by atomic mass is 32.2. The van der Waals surface area contributed by atoms with Crippen molar-refractivity contribution in [3.8, 4) is 0 Å². The summed E-state index contributed by atoms with van der Waals surface area (Å²) in [6.45, 7) is 0.388. The van der Waals surface area contributed by atoms with Gasteiger partial charge < -0.3 is 10.1 Å². The Balaban J connectivity index is 1.91. The number of piperidine rings is 1. The van der Waals surface area contributed by atoms with E-state index in [1.807, 2.05) is 0 Å². The summed E-state index contributed by atoms with van der Waals surface area (Å²) in [5.41, 5.74) is 0.504. The Kier molecular flexibility index (Phi) is 4.58. The summed E-state index contributed by atoms with van der Waals surface area (Å²) >= 11 is 0.969. The fourth-order valence-electron chi connectivity index (χ4n) is 2.00. The Labute approximate surface area is 119 Å². The smallest absolute Gasteiger partial charge is 0.306 e. The minimum absolute atomic E-state index is 0.0138. The van der Waals surface area contributed by atoms with Crippen LogP contribution in [0.3, 0.4) is 0 Å². The lowest BCUT2D eigenvalue weighted by atomic mass is 9.99. The number of aromatic nitrogens is 1. The van der Waals surface area contributed by atoms with Crippen molar-refractivity contribution in [3.05, 3.63) is 20.7 Å². The molecule has 112 valence electrons. The Hall–Kier alpha value is -1.23. The molecule has 1 aliphatic heterocycles. The van der Waals surface area contributed by atoms with Gasteiger partial charge in [-0.05, 0) is 12.8 Å². The molecule has 1 aliphatic rings. The normalized spacial score (nSPS) is 18.2. The molecule has 1 aromatic rings. The van der Waals surface area contributed by atoms with E-state index in [0.717, 1.165) is 11.3 Å². The van der Waals surface area contributed by atoms with Gasteiger partial charge in [-0.25, -0.2) is 0 Å². The summed E-state index contributed by atoms with van der Waals surface area (Å²) in [5.74, 6) is -1.36. The van der Waals surface area contributed by atoms with Gasteiger partial charge in [0.15, 0.2) is 0 Å². The molecule has 0 radical (unpaired) electrons. The van der Waals surface area contributed by atoms with Crippen molar-refractivity contribution >= 4 is 27.5 Å². The van der Waals surface area contributed by atoms with Crippen LogP contribution in [0.15, 0.2) is 10.2 Å². The number of H-pyrrole nitrogens is 1. The quantitative estimate of drug-likeness (QED) is 0.679. The number of rotatable bonds is 5. The molecule has 0 spiro atoms. The lowest BCUT2D eigenvalue weighted by molar-refractivity contribution is -0.142. The number of nitrogens with zero attached hydrogens (tertiary/aromatic N) is 1. The van der Waals surface area contributed by atoms with Crippen LogP contribution in [0.1, 0.15) is 18.5 Å². The second kappa shape index (κ2) is 6.04. The van der Waals surface area contributed by atoms with Gasteiger partial charge in [-0.2, -0.15) is 17.4 Å². The zero-order chi connectivity index (χ0) is 14.8. The first-order valence-electron chi connectivity index (χ1n) is 6.03. The van der Waals surface area contributed by atoms with Crippen molar-refractivity contribution in [2.24, 2.45) is 5.92 Å². The molecule has 0 aromatic carbocycles. The van der Waals surface area contributed by atoms with E-state index in [4.69, 9.17) is 5.11 Å². The molecule has 0 amide bonds. The van der Waals surface area contributed by atoms with Crippen LogP contribution >= 0.6 is 11.3 Å². The molecule has 3 N–H and O–H groups in total. The minimum atomic E-state index is -3.65. The average molecular weight is 321 g/mol. The van der Waals surface area contributed by atoms with Gasteiger partial charge in [-0.1, -0.05) is 11.3 Å². The predicted octanol–water partition coefficient (Wildman–Crippen LogP) is -0.433. The third kappa shape index (κ3) is 3.66. The lowest BCUT2D eigenvalue weighted by Gasteiger charge is -2.29. The van der Waals surface area contributed by atoms with Gasteiger partial charge in [0.05, 0.1) is 12.5 Å². The maximum Gasteiger partial charge on any atom is 0.306 e. The summed E-state index contributed by atoms with van der Waals surface area (Å²) in [4.78, 5) is 24.0. The number of hydrogen-bond acceptors (Lipinski definition) is 5. The number of carboxylic acid groups (broad SMARTS) is 1. The van der Waals surface area contributed by atoms with Gasteiger partial charge in [0.2, 0.25) is 0 Å². The highest BCUT2D eigenvalue weighted by Gasteiger charge is 2.30. The number of aromatic amines is 1. The van der Waals surface area contributed by atoms with Gasteiger partial charge in [0.1, 0.15) is 0 Å². The van der Waals surface area contributed by atoms with Crippen molar-refractivity contribution < 1.29 is 18.3 Å². The van der Waals surface area contributed by atoms with E-state index in [1.165, 1.54) is 4.31 Å². The molecule has 10 heteroatoms. The first kappa shape index (κ1) is 15.2. The van der Waals surface area contributed by atoms with Crippen molar-refractivity contribution in [3.63, 3.8) is 0 Å². The molecule has 0 aliphatic carbocycles. The van der Waals surface area contributed by atoms with Crippen LogP contribution in [-0.4, -0.2) is 41.9 Å². The van der Waals surface area contributed by atoms with Gasteiger partial charge in [-0.3, -0.25) is 9.59 Å². The monoisotopic (exact) mass is 321 g/mol. The SMILES string of the molecule is O=C(O)C1CCN(S(=O)(=O)NCc2csc(=O)[nH]2)CC1. The molecule has 0 atom stereocenters. The summed E-state index contributed by atoms with van der Waals surface area (Å²) in [7, 11) is -3.65. The molecule has 1 aromatic heterocycles. The Morgan fingerprint density at radius 3 is 2.65 bits per heavy atom. The van der Waals surface area contributed by atoms with Crippen molar-refractivity contribution in [2.45, 2.75) is 19.4 Å². The van der Waals surface area contributed by atoms with E-state index in [0.29, 0.717) is 18.5 Å². The largest absolute Gasteiger partial charge is 0.481 e. The van der Waals surface area contributed by atoms with Crippen LogP contribution in [0.4, 0.5) is 0 Å². The second-order valence-electron chi connectivity index (χ2n) is 4.51. The van der Waals surface area contributed by atoms with Gasteiger partial charge in [0, 0.05) is 24.2 Å². The number of thiazole rings is 1. The fraction of sp³-hybridized carbons (Fsp3) is 0.600. The van der Waals surface area contributed by atoms with E-state index >= 15 is 0 Å². The summed E-state index contributed by atoms with van der Waals surface area (Å²) in [6.07, 6.45) is 0.622. The van der Waals surface area contributed by atoms with Crippen LogP contribution in [-0.2, 0) is 21.5 Å². The summed E-state index contributed by atoms with van der Waals surface area (Å²) in [5, 5.41) is 10.4.